The highest BCUT2D eigenvalue weighted by Crippen LogP contribution is 2.68. The van der Waals surface area contributed by atoms with Crippen molar-refractivity contribution in [1.29, 1.82) is 0 Å². The van der Waals surface area contributed by atoms with E-state index in [1.165, 1.54) is 58.2 Å². The Bertz CT molecular complexity index is 3110. The quantitative estimate of drug-likeness (QED) is 0.177. The first-order valence-corrected chi connectivity index (χ1v) is 23.7. The molecule has 0 saturated heterocycles. The monoisotopic (exact) mass is 847 g/mol. The Hall–Kier alpha value is -6.69. The van der Waals surface area contributed by atoms with Crippen molar-refractivity contribution in [2.75, 3.05) is 0 Å². The van der Waals surface area contributed by atoms with E-state index in [2.05, 4.69) is 166 Å². The lowest BCUT2D eigenvalue weighted by molar-refractivity contribution is -0.129. The number of hydrogen-bond donors (Lipinski definition) is 0. The van der Waals surface area contributed by atoms with E-state index in [1.54, 1.807) is 0 Å². The molecule has 2 aliphatic heterocycles. The van der Waals surface area contributed by atoms with Gasteiger partial charge in [0.05, 0.1) is 5.60 Å². The van der Waals surface area contributed by atoms with Crippen LogP contribution in [0.2, 0.25) is 0 Å². The normalized spacial score (nSPS) is 21.9. The van der Waals surface area contributed by atoms with Gasteiger partial charge in [0.25, 0.3) is 0 Å². The van der Waals surface area contributed by atoms with Crippen molar-refractivity contribution in [3.63, 3.8) is 0 Å². The standard InChI is InChI=1S/C58H47N3O2.C2H6/c1-35-29-36-31-42(30-35)57(34-36)50-32-40(26-28-46(50)58(63-57)47-17-9-11-19-51(47)62-52-20-12-10-18-48(52)58)37-21-23-39(24-22-37)54-59-53(38-13-5-4-6-14-38)60-55(61-54)41-25-27-44-43-15-7-8-16-45(43)56(2,3)49(44)33-41;1-2/h4-28,32-33,35-36,42H,29-31,34H2,1-3H3;1-2H3. The predicted molar refractivity (Wildman–Crippen MR) is 261 cm³/mol. The highest BCUT2D eigenvalue weighted by Gasteiger charge is 2.64. The third-order valence-electron chi connectivity index (χ3n) is 15.2. The molecule has 0 amide bonds. The van der Waals surface area contributed by atoms with Crippen LogP contribution in [-0.4, -0.2) is 15.0 Å². The summed E-state index contributed by atoms with van der Waals surface area (Å²) < 4.78 is 14.5. The van der Waals surface area contributed by atoms with E-state index in [-0.39, 0.29) is 11.0 Å². The first-order chi connectivity index (χ1) is 31.8. The fourth-order valence-electron chi connectivity index (χ4n) is 12.5. The summed E-state index contributed by atoms with van der Waals surface area (Å²) in [6, 6.07) is 58.6. The van der Waals surface area contributed by atoms with Gasteiger partial charge in [0.1, 0.15) is 11.5 Å². The molecule has 1 aromatic heterocycles. The summed E-state index contributed by atoms with van der Waals surface area (Å²) in [5.74, 6) is 5.52. The van der Waals surface area contributed by atoms with Crippen LogP contribution in [0.5, 0.6) is 11.5 Å². The third-order valence-corrected chi connectivity index (χ3v) is 15.2. The van der Waals surface area contributed by atoms with E-state index in [4.69, 9.17) is 24.4 Å². The van der Waals surface area contributed by atoms with E-state index in [1.807, 2.05) is 32.0 Å². The molecule has 5 aliphatic rings. The molecule has 320 valence electrons. The van der Waals surface area contributed by atoms with Gasteiger partial charge < -0.3 is 9.47 Å². The molecule has 2 fully saturated rings. The maximum atomic E-state index is 7.94. The first-order valence-electron chi connectivity index (χ1n) is 23.7. The highest BCUT2D eigenvalue weighted by molar-refractivity contribution is 5.83. The SMILES string of the molecule is CC.CC1CC2CC(C1)C1(C2)OC2(c3ccccc3Oc3ccccc32)c2ccc(-c3ccc(-c4nc(-c5ccccc5)nc(-c5ccc6c(c5)C(C)(C)c5ccccc5-6)n4)cc3)cc21. The van der Waals surface area contributed by atoms with Crippen LogP contribution < -0.4 is 4.74 Å². The molecule has 3 aliphatic carbocycles. The molecule has 2 saturated carbocycles. The Kier molecular flexibility index (Phi) is 9.16. The van der Waals surface area contributed by atoms with Crippen molar-refractivity contribution in [2.24, 2.45) is 17.8 Å². The van der Waals surface area contributed by atoms with Crippen LogP contribution in [0.3, 0.4) is 0 Å². The minimum Gasteiger partial charge on any atom is -0.457 e. The molecule has 5 heteroatoms. The summed E-state index contributed by atoms with van der Waals surface area (Å²) in [7, 11) is 0. The average molecular weight is 848 g/mol. The molecule has 0 radical (unpaired) electrons. The summed E-state index contributed by atoms with van der Waals surface area (Å²) in [5, 5.41) is 0. The van der Waals surface area contributed by atoms with Crippen LogP contribution in [0, 0.1) is 17.8 Å². The van der Waals surface area contributed by atoms with Crippen molar-refractivity contribution >= 4 is 0 Å². The molecule has 13 rings (SSSR count). The van der Waals surface area contributed by atoms with Gasteiger partial charge in [-0.1, -0.05) is 174 Å². The van der Waals surface area contributed by atoms with Gasteiger partial charge in [-0.15, -0.1) is 0 Å². The van der Waals surface area contributed by atoms with Gasteiger partial charge in [-0.3, -0.25) is 0 Å². The zero-order valence-electron chi connectivity index (χ0n) is 37.8. The Morgan fingerprint density at radius 2 is 1.00 bits per heavy atom. The Morgan fingerprint density at radius 3 is 1.71 bits per heavy atom. The van der Waals surface area contributed by atoms with E-state index in [9.17, 15) is 0 Å². The summed E-state index contributed by atoms with van der Waals surface area (Å²) in [6.45, 7) is 11.1. The molecule has 4 atom stereocenters. The van der Waals surface area contributed by atoms with Crippen LogP contribution >= 0.6 is 0 Å². The molecule has 2 bridgehead atoms. The maximum Gasteiger partial charge on any atom is 0.164 e. The third kappa shape index (κ3) is 5.97. The molecule has 65 heavy (non-hydrogen) atoms. The van der Waals surface area contributed by atoms with E-state index in [0.29, 0.717) is 35.2 Å². The highest BCUT2D eigenvalue weighted by atomic mass is 16.5. The number of nitrogens with zero attached hydrogens (tertiary/aromatic N) is 3. The van der Waals surface area contributed by atoms with Gasteiger partial charge in [0.2, 0.25) is 0 Å². The largest absolute Gasteiger partial charge is 0.457 e. The van der Waals surface area contributed by atoms with E-state index in [0.717, 1.165) is 51.3 Å². The van der Waals surface area contributed by atoms with Crippen molar-refractivity contribution in [2.45, 2.75) is 76.9 Å². The Balaban J connectivity index is 0.00000219. The molecule has 2 spiro atoms. The van der Waals surface area contributed by atoms with E-state index < -0.39 is 5.60 Å². The second-order valence-corrected chi connectivity index (χ2v) is 19.3. The fourth-order valence-corrected chi connectivity index (χ4v) is 12.5. The summed E-state index contributed by atoms with van der Waals surface area (Å²) in [4.78, 5) is 15.4. The predicted octanol–water partition coefficient (Wildman–Crippen LogP) is 15.0. The summed E-state index contributed by atoms with van der Waals surface area (Å²) >= 11 is 0. The smallest absolute Gasteiger partial charge is 0.164 e. The molecule has 4 unspecified atom stereocenters. The van der Waals surface area contributed by atoms with Gasteiger partial charge in [0, 0.05) is 33.2 Å². The molecule has 3 heterocycles. The fraction of sp³-hybridized carbons (Fsp3) is 0.250. The van der Waals surface area contributed by atoms with Gasteiger partial charge in [-0.2, -0.15) is 0 Å². The van der Waals surface area contributed by atoms with Crippen molar-refractivity contribution in [3.8, 4) is 67.9 Å². The maximum absolute atomic E-state index is 7.94. The van der Waals surface area contributed by atoms with E-state index >= 15 is 0 Å². The molecular weight excluding hydrogens is 795 g/mol. The number of ether oxygens (including phenoxy) is 2. The van der Waals surface area contributed by atoms with Crippen molar-refractivity contribution < 1.29 is 9.47 Å². The summed E-state index contributed by atoms with van der Waals surface area (Å²) in [5.41, 5.74) is 14.0. The number of hydrogen-bond acceptors (Lipinski definition) is 5. The van der Waals surface area contributed by atoms with Crippen LogP contribution in [-0.2, 0) is 21.4 Å². The average Bonchev–Trinajstić information content (AvgIpc) is 3.88. The topological polar surface area (TPSA) is 57.1 Å². The summed E-state index contributed by atoms with van der Waals surface area (Å²) in [6.07, 6.45) is 4.71. The minimum absolute atomic E-state index is 0.130. The molecule has 8 aromatic rings. The van der Waals surface area contributed by atoms with Crippen molar-refractivity contribution in [3.05, 3.63) is 197 Å². The first kappa shape index (κ1) is 39.9. The molecular formula is C60H53N3O2. The lowest BCUT2D eigenvalue weighted by Crippen LogP contribution is -2.38. The van der Waals surface area contributed by atoms with Crippen LogP contribution in [0.4, 0.5) is 0 Å². The molecule has 7 aromatic carbocycles. The lowest BCUT2D eigenvalue weighted by Gasteiger charge is -2.41. The Morgan fingerprint density at radius 1 is 0.462 bits per heavy atom. The number of rotatable bonds is 4. The number of fused-ring (bicyclic) bond motifs is 13. The number of aromatic nitrogens is 3. The second-order valence-electron chi connectivity index (χ2n) is 19.3. The van der Waals surface area contributed by atoms with Crippen LogP contribution in [0.1, 0.15) is 93.7 Å². The Labute approximate surface area is 382 Å². The minimum atomic E-state index is -0.755. The van der Waals surface area contributed by atoms with Crippen LogP contribution in [0.15, 0.2) is 164 Å². The molecule has 5 nitrogen and oxygen atoms in total. The van der Waals surface area contributed by atoms with Gasteiger partial charge in [-0.05, 0) is 112 Å². The molecule has 0 N–H and O–H groups in total. The van der Waals surface area contributed by atoms with Crippen molar-refractivity contribution in [1.82, 2.24) is 15.0 Å². The lowest BCUT2D eigenvalue weighted by atomic mass is 9.74. The number of benzene rings is 7. The zero-order chi connectivity index (χ0) is 44.1. The van der Waals surface area contributed by atoms with Gasteiger partial charge >= 0.3 is 0 Å². The van der Waals surface area contributed by atoms with Crippen LogP contribution in [0.25, 0.3) is 56.4 Å². The second kappa shape index (κ2) is 14.9. The van der Waals surface area contributed by atoms with Gasteiger partial charge in [-0.25, -0.2) is 15.0 Å². The number of para-hydroxylation sites is 2. The van der Waals surface area contributed by atoms with Gasteiger partial charge in [0.15, 0.2) is 23.1 Å². The zero-order valence-corrected chi connectivity index (χ0v) is 37.8.